The van der Waals surface area contributed by atoms with Gasteiger partial charge in [0.2, 0.25) is 0 Å². The molecule has 1 N–H and O–H groups in total. The quantitative estimate of drug-likeness (QED) is 0.103. The molecule has 1 amide bonds. The van der Waals surface area contributed by atoms with Gasteiger partial charge in [-0.25, -0.2) is 9.18 Å². The summed E-state index contributed by atoms with van der Waals surface area (Å²) in [7, 11) is 2.91. The number of piperidine rings is 1. The summed E-state index contributed by atoms with van der Waals surface area (Å²) >= 11 is 0. The topological polar surface area (TPSA) is 109 Å². The zero-order valence-corrected chi connectivity index (χ0v) is 29.6. The molecule has 0 spiro atoms. The lowest BCUT2D eigenvalue weighted by Crippen LogP contribution is -2.34. The molecule has 0 bridgehead atoms. The smallest absolute Gasteiger partial charge is 0.493 e. The summed E-state index contributed by atoms with van der Waals surface area (Å²) in [5.74, 6) is 0.0567. The summed E-state index contributed by atoms with van der Waals surface area (Å²) in [4.78, 5) is 33.3. The van der Waals surface area contributed by atoms with E-state index in [9.17, 15) is 22.8 Å². The van der Waals surface area contributed by atoms with Crippen molar-refractivity contribution in [1.29, 1.82) is 0 Å². The van der Waals surface area contributed by atoms with Crippen LogP contribution in [0.4, 0.5) is 23.2 Å². The molecule has 3 aromatic carbocycles. The number of likely N-dealkylation sites (tertiary alicyclic amines) is 1. The third kappa shape index (κ3) is 8.57. The predicted molar refractivity (Wildman–Crippen MR) is 190 cm³/mol. The van der Waals surface area contributed by atoms with Crippen molar-refractivity contribution in [1.82, 2.24) is 19.0 Å². The minimum Gasteiger partial charge on any atom is -0.493 e. The van der Waals surface area contributed by atoms with E-state index in [-0.39, 0.29) is 28.5 Å². The van der Waals surface area contributed by atoms with E-state index in [1.165, 1.54) is 62.8 Å². The summed E-state index contributed by atoms with van der Waals surface area (Å²) in [6.45, 7) is 7.49. The van der Waals surface area contributed by atoms with Crippen molar-refractivity contribution >= 4 is 22.5 Å². The second kappa shape index (κ2) is 15.6. The highest BCUT2D eigenvalue weighted by atomic mass is 19.4. The van der Waals surface area contributed by atoms with Gasteiger partial charge >= 0.3 is 12.1 Å². The first-order chi connectivity index (χ1) is 25.3. The molecule has 3 heterocycles. The fourth-order valence-electron chi connectivity index (χ4n) is 6.37. The summed E-state index contributed by atoms with van der Waals surface area (Å²) in [6, 6.07) is 13.6. The van der Waals surface area contributed by atoms with Crippen molar-refractivity contribution in [3.8, 4) is 34.4 Å². The number of pyridine rings is 1. The molecule has 6 rings (SSSR count). The zero-order chi connectivity index (χ0) is 37.9. The van der Waals surface area contributed by atoms with Crippen molar-refractivity contribution in [2.75, 3.05) is 38.7 Å². The minimum atomic E-state index is -4.87. The molecule has 280 valence electrons. The number of fused-ring (bicyclic) bond motifs is 1. The van der Waals surface area contributed by atoms with Crippen LogP contribution in [-0.4, -0.2) is 64.6 Å². The van der Waals surface area contributed by atoms with Crippen LogP contribution in [0.3, 0.4) is 0 Å². The Morgan fingerprint density at radius 2 is 1.72 bits per heavy atom. The van der Waals surface area contributed by atoms with E-state index in [4.69, 9.17) is 14.2 Å². The second-order valence-corrected chi connectivity index (χ2v) is 12.9. The first-order valence-corrected chi connectivity index (χ1v) is 17.1. The van der Waals surface area contributed by atoms with Crippen molar-refractivity contribution in [2.45, 2.75) is 39.5 Å². The van der Waals surface area contributed by atoms with Gasteiger partial charge in [0.15, 0.2) is 23.1 Å². The monoisotopic (exact) mass is 737 g/mol. The maximum atomic E-state index is 15.4. The fraction of sp³-hybridized carbons (Fsp3) is 0.342. The van der Waals surface area contributed by atoms with Crippen LogP contribution in [0.2, 0.25) is 0 Å². The lowest BCUT2D eigenvalue weighted by molar-refractivity contribution is -0.274. The Morgan fingerprint density at radius 3 is 2.40 bits per heavy atom. The van der Waals surface area contributed by atoms with Crippen molar-refractivity contribution < 1.29 is 41.3 Å². The molecular weight excluding hydrogens is 698 g/mol. The Kier molecular flexibility index (Phi) is 10.9. The number of anilines is 1. The second-order valence-electron chi connectivity index (χ2n) is 12.9. The van der Waals surface area contributed by atoms with E-state index in [1.807, 2.05) is 0 Å². The molecule has 53 heavy (non-hydrogen) atoms. The Morgan fingerprint density at radius 1 is 0.981 bits per heavy atom. The summed E-state index contributed by atoms with van der Waals surface area (Å²) in [5.41, 5.74) is 0.419. The van der Waals surface area contributed by atoms with Crippen LogP contribution in [-0.2, 0) is 7.05 Å². The molecule has 0 radical (unpaired) electrons. The average Bonchev–Trinajstić information content (AvgIpc) is 3.34. The summed E-state index contributed by atoms with van der Waals surface area (Å²) < 4.78 is 77.0. The maximum absolute atomic E-state index is 15.4. The molecule has 11 nitrogen and oxygen atoms in total. The number of amides is 1. The Labute approximate surface area is 302 Å². The standard InChI is InChI=1S/C38H39F4N5O6/c1-23-13-17-46(18-14-23)16-5-19-51-34-22-30-28(21-33(34)50-4)31(12-15-43-30)52-32-11-6-25(20-29(32)39)44-36(48)35-24(2)47(37(49)45(35)3)26-7-9-27(10-8-26)53-38(40,41)42/h6-12,15,20-23H,5,13-14,16-19H2,1-4H3,(H,44,48). The maximum Gasteiger partial charge on any atom is 0.573 e. The van der Waals surface area contributed by atoms with Crippen LogP contribution >= 0.6 is 0 Å². The number of imidazole rings is 1. The van der Waals surface area contributed by atoms with Gasteiger partial charge in [-0.3, -0.25) is 18.9 Å². The number of aromatic nitrogens is 3. The number of hydrogen-bond acceptors (Lipinski definition) is 8. The van der Waals surface area contributed by atoms with Gasteiger partial charge in [-0.05, 0) is 93.7 Å². The minimum absolute atomic E-state index is 0.0384. The number of ether oxygens (including phenoxy) is 4. The third-order valence-electron chi connectivity index (χ3n) is 9.18. The first kappa shape index (κ1) is 37.2. The van der Waals surface area contributed by atoms with Gasteiger partial charge in [-0.1, -0.05) is 6.92 Å². The van der Waals surface area contributed by atoms with Gasteiger partial charge in [0, 0.05) is 43.0 Å². The van der Waals surface area contributed by atoms with Crippen LogP contribution in [0.15, 0.2) is 71.7 Å². The average molecular weight is 738 g/mol. The van der Waals surface area contributed by atoms with E-state index >= 15 is 4.39 Å². The Bertz CT molecular complexity index is 2160. The van der Waals surface area contributed by atoms with Crippen LogP contribution in [0.5, 0.6) is 28.7 Å². The molecule has 0 atom stereocenters. The molecule has 0 saturated carbocycles. The molecule has 5 aromatic rings. The summed E-state index contributed by atoms with van der Waals surface area (Å²) in [5, 5.41) is 3.16. The number of carbonyl (C=O) groups excluding carboxylic acids is 1. The number of nitrogens with one attached hydrogen (secondary N) is 1. The number of hydrogen-bond donors (Lipinski definition) is 1. The lowest BCUT2D eigenvalue weighted by atomic mass is 9.99. The van der Waals surface area contributed by atoms with Gasteiger partial charge in [0.1, 0.15) is 17.2 Å². The number of nitrogens with zero attached hydrogens (tertiary/aromatic N) is 4. The van der Waals surface area contributed by atoms with Gasteiger partial charge in [-0.15, -0.1) is 13.2 Å². The molecule has 1 saturated heterocycles. The summed E-state index contributed by atoms with van der Waals surface area (Å²) in [6.07, 6.45) is -0.0229. The number of alkyl halides is 3. The number of carbonyl (C=O) groups is 1. The highest BCUT2D eigenvalue weighted by Gasteiger charge is 2.31. The van der Waals surface area contributed by atoms with E-state index in [0.29, 0.717) is 34.8 Å². The van der Waals surface area contributed by atoms with Gasteiger partial charge in [0.05, 0.1) is 30.6 Å². The normalized spacial score (nSPS) is 14.0. The van der Waals surface area contributed by atoms with E-state index in [2.05, 4.69) is 26.9 Å². The molecular formula is C38H39F4N5O6. The van der Waals surface area contributed by atoms with Gasteiger partial charge in [-0.2, -0.15) is 0 Å². The van der Waals surface area contributed by atoms with Crippen molar-refractivity contribution in [3.05, 3.63) is 94.5 Å². The Balaban J connectivity index is 1.13. The number of halogens is 4. The highest BCUT2D eigenvalue weighted by Crippen LogP contribution is 2.38. The van der Waals surface area contributed by atoms with Crippen LogP contribution in [0.25, 0.3) is 16.6 Å². The molecule has 1 aliphatic heterocycles. The third-order valence-corrected chi connectivity index (χ3v) is 9.18. The number of methoxy groups -OCH3 is 1. The van der Waals surface area contributed by atoms with Crippen LogP contribution < -0.4 is 30.0 Å². The number of benzene rings is 3. The predicted octanol–water partition coefficient (Wildman–Crippen LogP) is 7.62. The molecule has 1 fully saturated rings. The van der Waals surface area contributed by atoms with Gasteiger partial charge < -0.3 is 29.2 Å². The lowest BCUT2D eigenvalue weighted by Gasteiger charge is -2.30. The van der Waals surface area contributed by atoms with Gasteiger partial charge in [0.25, 0.3) is 5.91 Å². The largest absolute Gasteiger partial charge is 0.573 e. The highest BCUT2D eigenvalue weighted by molar-refractivity contribution is 6.04. The molecule has 0 unspecified atom stereocenters. The van der Waals surface area contributed by atoms with E-state index < -0.39 is 29.5 Å². The SMILES string of the molecule is COc1cc2c(Oc3ccc(NC(=O)c4c(C)n(-c5ccc(OC(F)(F)F)cc5)c(=O)n4C)cc3F)ccnc2cc1OCCCN1CCC(C)CC1. The Hall–Kier alpha value is -5.57. The molecule has 1 aliphatic rings. The van der Waals surface area contributed by atoms with Crippen LogP contribution in [0.1, 0.15) is 42.4 Å². The van der Waals surface area contributed by atoms with Crippen molar-refractivity contribution in [3.63, 3.8) is 0 Å². The molecule has 15 heteroatoms. The first-order valence-electron chi connectivity index (χ1n) is 17.1. The van der Waals surface area contributed by atoms with Crippen LogP contribution in [0, 0.1) is 18.7 Å². The number of rotatable bonds is 12. The molecule has 2 aromatic heterocycles. The fourth-order valence-corrected chi connectivity index (χ4v) is 6.37. The van der Waals surface area contributed by atoms with Crippen molar-refractivity contribution in [2.24, 2.45) is 13.0 Å². The van der Waals surface area contributed by atoms with E-state index in [0.717, 1.165) is 54.7 Å². The van der Waals surface area contributed by atoms with E-state index in [1.54, 1.807) is 24.4 Å². The zero-order valence-electron chi connectivity index (χ0n) is 29.6. The molecule has 0 aliphatic carbocycles.